The Bertz CT molecular complexity index is 744. The molecule has 0 fully saturated rings. The number of hydrogen-bond acceptors (Lipinski definition) is 2. The van der Waals surface area contributed by atoms with Gasteiger partial charge in [0.2, 0.25) is 0 Å². The monoisotopic (exact) mass is 330 g/mol. The Morgan fingerprint density at radius 1 is 1.20 bits per heavy atom. The van der Waals surface area contributed by atoms with E-state index < -0.39 is 0 Å². The van der Waals surface area contributed by atoms with Crippen LogP contribution in [-0.2, 0) is 6.54 Å². The zero-order chi connectivity index (χ0) is 14.1. The first kappa shape index (κ1) is 13.1. The number of benzene rings is 2. The van der Waals surface area contributed by atoms with Crippen molar-refractivity contribution in [3.05, 3.63) is 58.7 Å². The number of nitrogens with two attached hydrogens (primary N) is 1. The molecule has 0 radical (unpaired) electrons. The van der Waals surface area contributed by atoms with Gasteiger partial charge in [0.15, 0.2) is 0 Å². The minimum Gasteiger partial charge on any atom is -0.496 e. The van der Waals surface area contributed by atoms with Gasteiger partial charge >= 0.3 is 0 Å². The maximum Gasteiger partial charge on any atom is 0.128 e. The Kier molecular flexibility index (Phi) is 3.40. The molecule has 3 aromatic rings. The first-order chi connectivity index (χ1) is 9.67. The van der Waals surface area contributed by atoms with E-state index in [0.717, 1.165) is 38.9 Å². The van der Waals surface area contributed by atoms with Crippen LogP contribution < -0.4 is 10.5 Å². The largest absolute Gasteiger partial charge is 0.496 e. The van der Waals surface area contributed by atoms with Crippen molar-refractivity contribution in [3.8, 4) is 5.75 Å². The fraction of sp³-hybridized carbons (Fsp3) is 0.125. The van der Waals surface area contributed by atoms with Gasteiger partial charge < -0.3 is 15.0 Å². The highest BCUT2D eigenvalue weighted by Gasteiger charge is 2.06. The minimum absolute atomic E-state index is 0.767. The third kappa shape index (κ3) is 2.39. The molecule has 0 aliphatic heterocycles. The lowest BCUT2D eigenvalue weighted by Gasteiger charge is -2.08. The van der Waals surface area contributed by atoms with Crippen LogP contribution in [0.3, 0.4) is 0 Å². The maximum atomic E-state index is 5.89. The molecule has 1 heterocycles. The van der Waals surface area contributed by atoms with E-state index in [1.807, 2.05) is 24.3 Å². The summed E-state index contributed by atoms with van der Waals surface area (Å²) < 4.78 is 8.58. The average Bonchev–Trinajstić information content (AvgIpc) is 2.81. The van der Waals surface area contributed by atoms with Gasteiger partial charge in [0.1, 0.15) is 5.75 Å². The summed E-state index contributed by atoms with van der Waals surface area (Å²) >= 11 is 3.48. The molecule has 0 unspecified atom stereocenters. The lowest BCUT2D eigenvalue weighted by atomic mass is 10.2. The smallest absolute Gasteiger partial charge is 0.128 e. The van der Waals surface area contributed by atoms with E-state index in [4.69, 9.17) is 10.5 Å². The van der Waals surface area contributed by atoms with Gasteiger partial charge in [-0.25, -0.2) is 0 Å². The van der Waals surface area contributed by atoms with Crippen LogP contribution in [0.2, 0.25) is 0 Å². The van der Waals surface area contributed by atoms with Gasteiger partial charge in [-0.05, 0) is 42.0 Å². The summed E-state index contributed by atoms with van der Waals surface area (Å²) in [5, 5.41) is 1.12. The number of nitrogens with zero attached hydrogens (tertiary/aromatic N) is 1. The molecule has 20 heavy (non-hydrogen) atoms. The first-order valence-corrected chi connectivity index (χ1v) is 7.13. The molecule has 2 N–H and O–H groups in total. The summed E-state index contributed by atoms with van der Waals surface area (Å²) in [6.07, 6.45) is 2.07. The molecular weight excluding hydrogens is 316 g/mol. The van der Waals surface area contributed by atoms with Crippen LogP contribution in [0.5, 0.6) is 5.75 Å². The number of hydrogen-bond donors (Lipinski definition) is 1. The molecule has 0 amide bonds. The summed E-state index contributed by atoms with van der Waals surface area (Å²) in [6, 6.07) is 14.1. The Balaban J connectivity index is 2.03. The fourth-order valence-electron chi connectivity index (χ4n) is 2.47. The Hall–Kier alpha value is -1.94. The van der Waals surface area contributed by atoms with E-state index in [-0.39, 0.29) is 0 Å². The van der Waals surface area contributed by atoms with Gasteiger partial charge in [-0.2, -0.15) is 0 Å². The highest BCUT2D eigenvalue weighted by molar-refractivity contribution is 9.10. The number of ether oxygens (including phenoxy) is 1. The molecule has 2 aromatic carbocycles. The van der Waals surface area contributed by atoms with Gasteiger partial charge in [0.25, 0.3) is 0 Å². The number of nitrogen functional groups attached to an aromatic ring is 1. The second-order valence-corrected chi connectivity index (χ2v) is 5.65. The minimum atomic E-state index is 0.767. The van der Waals surface area contributed by atoms with Crippen molar-refractivity contribution in [1.82, 2.24) is 4.57 Å². The molecule has 0 saturated carbocycles. The molecule has 1 aromatic heterocycles. The summed E-state index contributed by atoms with van der Waals surface area (Å²) in [4.78, 5) is 0. The van der Waals surface area contributed by atoms with Crippen LogP contribution in [0.25, 0.3) is 10.9 Å². The lowest BCUT2D eigenvalue weighted by Crippen LogP contribution is -1.99. The number of halogens is 1. The predicted octanol–water partition coefficient (Wildman–Crippen LogP) is 4.04. The Labute approximate surface area is 126 Å². The average molecular weight is 331 g/mol. The molecule has 102 valence electrons. The Morgan fingerprint density at radius 2 is 2.05 bits per heavy atom. The van der Waals surface area contributed by atoms with Gasteiger partial charge in [0.05, 0.1) is 12.6 Å². The van der Waals surface area contributed by atoms with Crippen molar-refractivity contribution in [3.63, 3.8) is 0 Å². The van der Waals surface area contributed by atoms with Gasteiger partial charge in [-0.15, -0.1) is 0 Å². The highest BCUT2D eigenvalue weighted by atomic mass is 79.9. The topological polar surface area (TPSA) is 40.2 Å². The van der Waals surface area contributed by atoms with Crippen LogP contribution in [0.4, 0.5) is 5.69 Å². The summed E-state index contributed by atoms with van der Waals surface area (Å²) in [5.41, 5.74) is 8.97. The van der Waals surface area contributed by atoms with Crippen LogP contribution >= 0.6 is 15.9 Å². The number of fused-ring (bicyclic) bond motifs is 1. The van der Waals surface area contributed by atoms with Crippen LogP contribution in [0.1, 0.15) is 5.56 Å². The lowest BCUT2D eigenvalue weighted by molar-refractivity contribution is 0.420. The molecule has 0 aliphatic carbocycles. The second-order valence-electron chi connectivity index (χ2n) is 4.73. The van der Waals surface area contributed by atoms with E-state index in [1.165, 1.54) is 0 Å². The Morgan fingerprint density at radius 3 is 2.80 bits per heavy atom. The number of aromatic nitrogens is 1. The van der Waals surface area contributed by atoms with Gasteiger partial charge in [-0.1, -0.05) is 22.0 Å². The molecular formula is C16H15BrN2O. The van der Waals surface area contributed by atoms with E-state index in [1.54, 1.807) is 7.11 Å². The molecule has 3 nitrogen and oxygen atoms in total. The van der Waals surface area contributed by atoms with Crippen LogP contribution in [0, 0.1) is 0 Å². The molecule has 0 aliphatic rings. The molecule has 3 rings (SSSR count). The first-order valence-electron chi connectivity index (χ1n) is 6.34. The van der Waals surface area contributed by atoms with Crippen molar-refractivity contribution in [2.24, 2.45) is 0 Å². The van der Waals surface area contributed by atoms with Crippen molar-refractivity contribution < 1.29 is 4.74 Å². The van der Waals surface area contributed by atoms with E-state index >= 15 is 0 Å². The summed E-state index contributed by atoms with van der Waals surface area (Å²) in [7, 11) is 1.70. The number of anilines is 1. The van der Waals surface area contributed by atoms with Gasteiger partial charge in [-0.3, -0.25) is 0 Å². The van der Waals surface area contributed by atoms with E-state index in [2.05, 4.69) is 44.9 Å². The standard InChI is InChI=1S/C16H15BrN2O/c1-20-16-4-2-3-15-14(16)5-6-19(15)10-11-7-12(17)9-13(18)8-11/h2-9H,10,18H2,1H3. The molecule has 4 heteroatoms. The van der Waals surface area contributed by atoms with E-state index in [0.29, 0.717) is 0 Å². The third-order valence-corrected chi connectivity index (χ3v) is 3.78. The van der Waals surface area contributed by atoms with Crippen LogP contribution in [-0.4, -0.2) is 11.7 Å². The summed E-state index contributed by atoms with van der Waals surface area (Å²) in [5.74, 6) is 0.898. The van der Waals surface area contributed by atoms with Crippen LogP contribution in [0.15, 0.2) is 53.1 Å². The maximum absolute atomic E-state index is 5.89. The van der Waals surface area contributed by atoms with Crippen molar-refractivity contribution in [1.29, 1.82) is 0 Å². The number of rotatable bonds is 3. The molecule has 0 spiro atoms. The van der Waals surface area contributed by atoms with Crippen molar-refractivity contribution >= 4 is 32.5 Å². The zero-order valence-corrected chi connectivity index (χ0v) is 12.7. The quantitative estimate of drug-likeness (QED) is 0.736. The van der Waals surface area contributed by atoms with E-state index in [9.17, 15) is 0 Å². The van der Waals surface area contributed by atoms with Crippen molar-refractivity contribution in [2.75, 3.05) is 12.8 Å². The second kappa shape index (κ2) is 5.21. The SMILES string of the molecule is COc1cccc2c1ccn2Cc1cc(N)cc(Br)c1. The highest BCUT2D eigenvalue weighted by Crippen LogP contribution is 2.27. The third-order valence-electron chi connectivity index (χ3n) is 3.33. The molecule has 0 saturated heterocycles. The predicted molar refractivity (Wildman–Crippen MR) is 86.1 cm³/mol. The van der Waals surface area contributed by atoms with Gasteiger partial charge in [0, 0.05) is 28.3 Å². The molecule has 0 bridgehead atoms. The normalized spacial score (nSPS) is 10.9. The molecule has 0 atom stereocenters. The van der Waals surface area contributed by atoms with Crippen molar-refractivity contribution in [2.45, 2.75) is 6.54 Å². The summed E-state index contributed by atoms with van der Waals surface area (Å²) in [6.45, 7) is 0.778. The zero-order valence-electron chi connectivity index (χ0n) is 11.1. The fourth-order valence-corrected chi connectivity index (χ4v) is 3.03. The number of methoxy groups -OCH3 is 1.